The molecule has 0 atom stereocenters. The summed E-state index contributed by atoms with van der Waals surface area (Å²) in [5.74, 6) is 0. The summed E-state index contributed by atoms with van der Waals surface area (Å²) in [5.41, 5.74) is 10.3. The molecule has 0 N–H and O–H groups in total. The maximum atomic E-state index is 7.02. The van der Waals surface area contributed by atoms with Crippen LogP contribution in [0.2, 0.25) is 0 Å². The summed E-state index contributed by atoms with van der Waals surface area (Å²) >= 11 is 1.80. The SMILES string of the molecule is c1ccc(-c2c3ccccc3c(-c3cccc4c3oc3cccc(-c5c6ccccc6c(-c6cccs6)c6ccccc56)c34)c3ccccc23)cc1. The minimum absolute atomic E-state index is 0.893. The van der Waals surface area contributed by atoms with Crippen molar-refractivity contribution in [1.29, 1.82) is 0 Å². The molecule has 0 unspecified atom stereocenters. The highest BCUT2D eigenvalue weighted by atomic mass is 32.1. The van der Waals surface area contributed by atoms with E-state index in [-0.39, 0.29) is 0 Å². The molecule has 0 aliphatic rings. The van der Waals surface area contributed by atoms with Crippen molar-refractivity contribution in [2.24, 2.45) is 0 Å². The smallest absolute Gasteiger partial charge is 0.143 e. The summed E-state index contributed by atoms with van der Waals surface area (Å²) in [6.07, 6.45) is 0. The van der Waals surface area contributed by atoms with E-state index in [1.807, 2.05) is 0 Å². The fraction of sp³-hybridized carbons (Fsp3) is 0. The van der Waals surface area contributed by atoms with Crippen molar-refractivity contribution in [2.75, 3.05) is 0 Å². The second kappa shape index (κ2) is 11.5. The van der Waals surface area contributed by atoms with Gasteiger partial charge in [0.15, 0.2) is 0 Å². The van der Waals surface area contributed by atoms with Crippen LogP contribution in [0.5, 0.6) is 0 Å². The first kappa shape index (κ1) is 29.3. The predicted octanol–water partition coefficient (Wildman–Crippen LogP) is 14.9. The minimum Gasteiger partial charge on any atom is -0.455 e. The Kier molecular flexibility index (Phi) is 6.49. The molecule has 0 saturated heterocycles. The zero-order valence-electron chi connectivity index (χ0n) is 28.1. The van der Waals surface area contributed by atoms with Crippen LogP contribution >= 0.6 is 11.3 Å². The molecule has 0 saturated carbocycles. The highest BCUT2D eigenvalue weighted by Gasteiger charge is 2.23. The molecule has 11 aromatic rings. The van der Waals surface area contributed by atoms with E-state index in [2.05, 4.69) is 181 Å². The Labute approximate surface area is 304 Å². The van der Waals surface area contributed by atoms with Crippen LogP contribution in [-0.2, 0) is 0 Å². The second-order valence-electron chi connectivity index (χ2n) is 13.5. The predicted molar refractivity (Wildman–Crippen MR) is 223 cm³/mol. The number of para-hydroxylation sites is 1. The summed E-state index contributed by atoms with van der Waals surface area (Å²) in [5, 5.41) is 14.4. The van der Waals surface area contributed by atoms with Crippen molar-refractivity contribution in [2.45, 2.75) is 0 Å². The maximum Gasteiger partial charge on any atom is 0.143 e. The number of hydrogen-bond donors (Lipinski definition) is 0. The molecule has 2 heterocycles. The third-order valence-electron chi connectivity index (χ3n) is 10.8. The van der Waals surface area contributed by atoms with Crippen LogP contribution in [0.15, 0.2) is 186 Å². The van der Waals surface area contributed by atoms with E-state index >= 15 is 0 Å². The molecule has 9 aromatic carbocycles. The van der Waals surface area contributed by atoms with Crippen molar-refractivity contribution in [3.63, 3.8) is 0 Å². The van der Waals surface area contributed by atoms with Crippen LogP contribution in [0.25, 0.3) is 109 Å². The third kappa shape index (κ3) is 4.22. The normalized spacial score (nSPS) is 11.8. The summed E-state index contributed by atoms with van der Waals surface area (Å²) in [6.45, 7) is 0. The van der Waals surface area contributed by atoms with Gasteiger partial charge in [0.2, 0.25) is 0 Å². The number of benzene rings is 9. The average molecular weight is 679 g/mol. The van der Waals surface area contributed by atoms with Gasteiger partial charge >= 0.3 is 0 Å². The van der Waals surface area contributed by atoms with E-state index < -0.39 is 0 Å². The molecule has 0 aliphatic carbocycles. The van der Waals surface area contributed by atoms with Crippen molar-refractivity contribution in [3.8, 4) is 43.8 Å². The summed E-state index contributed by atoms with van der Waals surface area (Å²) < 4.78 is 7.02. The van der Waals surface area contributed by atoms with Gasteiger partial charge in [0.05, 0.1) is 0 Å². The van der Waals surface area contributed by atoms with Crippen LogP contribution < -0.4 is 0 Å². The first-order valence-corrected chi connectivity index (χ1v) is 18.6. The Morgan fingerprint density at radius 2 is 0.788 bits per heavy atom. The average Bonchev–Trinajstić information content (AvgIpc) is 3.88. The summed E-state index contributed by atoms with van der Waals surface area (Å²) in [7, 11) is 0. The van der Waals surface area contributed by atoms with Crippen molar-refractivity contribution < 1.29 is 4.42 Å². The van der Waals surface area contributed by atoms with Gasteiger partial charge in [-0.1, -0.05) is 164 Å². The van der Waals surface area contributed by atoms with Gasteiger partial charge in [-0.25, -0.2) is 0 Å². The third-order valence-corrected chi connectivity index (χ3v) is 11.6. The number of furan rings is 1. The van der Waals surface area contributed by atoms with Crippen molar-refractivity contribution in [3.05, 3.63) is 181 Å². The molecule has 1 nitrogen and oxygen atoms in total. The van der Waals surface area contributed by atoms with Gasteiger partial charge in [0.1, 0.15) is 11.2 Å². The zero-order valence-corrected chi connectivity index (χ0v) is 29.0. The van der Waals surface area contributed by atoms with E-state index in [9.17, 15) is 0 Å². The molecule has 52 heavy (non-hydrogen) atoms. The molecule has 0 amide bonds. The first-order valence-electron chi connectivity index (χ1n) is 17.8. The van der Waals surface area contributed by atoms with Gasteiger partial charge in [-0.05, 0) is 82.9 Å². The highest BCUT2D eigenvalue weighted by molar-refractivity contribution is 7.13. The lowest BCUT2D eigenvalue weighted by molar-refractivity contribution is 0.670. The van der Waals surface area contributed by atoms with Crippen LogP contribution in [-0.4, -0.2) is 0 Å². The van der Waals surface area contributed by atoms with Gasteiger partial charge in [-0.2, -0.15) is 0 Å². The molecular formula is C50H30OS. The largest absolute Gasteiger partial charge is 0.455 e. The lowest BCUT2D eigenvalue weighted by Crippen LogP contribution is -1.91. The van der Waals surface area contributed by atoms with Crippen LogP contribution in [0.3, 0.4) is 0 Å². The highest BCUT2D eigenvalue weighted by Crippen LogP contribution is 2.50. The first-order chi connectivity index (χ1) is 25.8. The van der Waals surface area contributed by atoms with E-state index in [1.54, 1.807) is 11.3 Å². The number of rotatable bonds is 4. The summed E-state index contributed by atoms with van der Waals surface area (Å²) in [6, 6.07) is 63.9. The van der Waals surface area contributed by atoms with Crippen molar-refractivity contribution in [1.82, 2.24) is 0 Å². The molecule has 0 aliphatic heterocycles. The Hall–Kier alpha value is -6.48. The summed E-state index contributed by atoms with van der Waals surface area (Å²) in [4.78, 5) is 1.29. The van der Waals surface area contributed by atoms with E-state index in [0.29, 0.717) is 0 Å². The quantitative estimate of drug-likeness (QED) is 0.169. The van der Waals surface area contributed by atoms with E-state index in [4.69, 9.17) is 4.42 Å². The van der Waals surface area contributed by atoms with E-state index in [0.717, 1.165) is 27.5 Å². The number of hydrogen-bond acceptors (Lipinski definition) is 2. The second-order valence-corrected chi connectivity index (χ2v) is 14.4. The molecule has 11 rings (SSSR count). The van der Waals surface area contributed by atoms with E-state index in [1.165, 1.54) is 81.3 Å². The Morgan fingerprint density at radius 3 is 1.35 bits per heavy atom. The van der Waals surface area contributed by atoms with Gasteiger partial charge in [0.25, 0.3) is 0 Å². The monoisotopic (exact) mass is 678 g/mol. The molecular weight excluding hydrogens is 649 g/mol. The maximum absolute atomic E-state index is 7.02. The fourth-order valence-electron chi connectivity index (χ4n) is 8.69. The van der Waals surface area contributed by atoms with Gasteiger partial charge in [-0.15, -0.1) is 11.3 Å². The zero-order chi connectivity index (χ0) is 34.2. The molecule has 2 heteroatoms. The molecule has 0 fully saturated rings. The lowest BCUT2D eigenvalue weighted by atomic mass is 9.85. The Balaban J connectivity index is 1.25. The van der Waals surface area contributed by atoms with Crippen LogP contribution in [0.1, 0.15) is 0 Å². The lowest BCUT2D eigenvalue weighted by Gasteiger charge is -2.18. The molecule has 2 aromatic heterocycles. The van der Waals surface area contributed by atoms with Crippen LogP contribution in [0, 0.1) is 0 Å². The van der Waals surface area contributed by atoms with Crippen LogP contribution in [0.4, 0.5) is 0 Å². The molecule has 242 valence electrons. The number of thiophene rings is 1. The van der Waals surface area contributed by atoms with Gasteiger partial charge in [-0.3, -0.25) is 0 Å². The Morgan fingerprint density at radius 1 is 0.327 bits per heavy atom. The van der Waals surface area contributed by atoms with Crippen molar-refractivity contribution >= 4 is 76.4 Å². The standard InChI is InChI=1S/C50H30OS/c1-2-15-31(16-3-1)45-32-17-4-6-19-34(32)47(35-20-7-5-18-33(35)45)41-26-12-27-42-48-40(25-13-28-43(48)51-50(41)42)46-36-21-8-10-23-38(36)49(44-29-14-30-52-44)39-24-11-9-22-37(39)46/h1-30H. The molecule has 0 radical (unpaired) electrons. The van der Waals surface area contributed by atoms with Gasteiger partial charge in [0, 0.05) is 32.3 Å². The van der Waals surface area contributed by atoms with Gasteiger partial charge < -0.3 is 4.42 Å². The topological polar surface area (TPSA) is 13.1 Å². The molecule has 0 spiro atoms. The molecule has 0 bridgehead atoms. The Bertz CT molecular complexity index is 3050. The number of fused-ring (bicyclic) bond motifs is 7. The fourth-order valence-corrected chi connectivity index (χ4v) is 9.49. The minimum atomic E-state index is 0.893.